The molecule has 18 heavy (non-hydrogen) atoms. The Hall–Kier alpha value is -0.530. The molecule has 2 heteroatoms. The van der Waals surface area contributed by atoms with Crippen molar-refractivity contribution in [2.24, 2.45) is 5.92 Å². The maximum Gasteiger partial charge on any atom is 0.0468 e. The number of benzene rings is 1. The van der Waals surface area contributed by atoms with Crippen LogP contribution in [0.2, 0.25) is 5.02 Å². The summed E-state index contributed by atoms with van der Waals surface area (Å²) in [5, 5.41) is 0.909. The highest BCUT2D eigenvalue weighted by molar-refractivity contribution is 6.31. The van der Waals surface area contributed by atoms with Crippen LogP contribution in [0.5, 0.6) is 0 Å². The average Bonchev–Trinajstić information content (AvgIpc) is 2.28. The fourth-order valence-electron chi connectivity index (χ4n) is 2.58. The summed E-state index contributed by atoms with van der Waals surface area (Å²) in [6.07, 6.45) is 3.49. The SMILES string of the molecule is CC(C)(C)c1ccc(CC2CCOCC2)cc1Cl. The average molecular weight is 267 g/mol. The molecule has 1 aromatic rings. The third kappa shape index (κ3) is 3.49. The molecule has 0 bridgehead atoms. The van der Waals surface area contributed by atoms with Crippen molar-refractivity contribution in [2.45, 2.75) is 45.4 Å². The quantitative estimate of drug-likeness (QED) is 0.760. The van der Waals surface area contributed by atoms with Crippen LogP contribution in [0.15, 0.2) is 18.2 Å². The Kier molecular flexibility index (Phi) is 4.34. The number of hydrogen-bond donors (Lipinski definition) is 0. The minimum absolute atomic E-state index is 0.119. The summed E-state index contributed by atoms with van der Waals surface area (Å²) in [6.45, 7) is 8.43. The molecule has 0 atom stereocenters. The van der Waals surface area contributed by atoms with Gasteiger partial charge in [0.15, 0.2) is 0 Å². The van der Waals surface area contributed by atoms with Gasteiger partial charge in [-0.05, 0) is 47.8 Å². The van der Waals surface area contributed by atoms with Gasteiger partial charge in [0, 0.05) is 18.2 Å². The summed E-state index contributed by atoms with van der Waals surface area (Å²) in [7, 11) is 0. The van der Waals surface area contributed by atoms with Gasteiger partial charge in [-0.25, -0.2) is 0 Å². The molecule has 100 valence electrons. The summed E-state index contributed by atoms with van der Waals surface area (Å²) in [5.74, 6) is 0.760. The molecule has 0 spiro atoms. The summed E-state index contributed by atoms with van der Waals surface area (Å²) in [5.41, 5.74) is 2.72. The zero-order valence-corrected chi connectivity index (χ0v) is 12.4. The van der Waals surface area contributed by atoms with E-state index in [0.717, 1.165) is 30.6 Å². The highest BCUT2D eigenvalue weighted by atomic mass is 35.5. The Balaban J connectivity index is 2.08. The van der Waals surface area contributed by atoms with Crippen LogP contribution >= 0.6 is 11.6 Å². The molecule has 2 rings (SSSR count). The second kappa shape index (κ2) is 5.63. The van der Waals surface area contributed by atoms with E-state index < -0.39 is 0 Å². The Bertz CT molecular complexity index is 400. The van der Waals surface area contributed by atoms with Crippen molar-refractivity contribution in [2.75, 3.05) is 13.2 Å². The first-order valence-corrected chi connectivity index (χ1v) is 7.21. The fourth-order valence-corrected chi connectivity index (χ4v) is 3.06. The Morgan fingerprint density at radius 3 is 2.44 bits per heavy atom. The van der Waals surface area contributed by atoms with Crippen LogP contribution in [0.4, 0.5) is 0 Å². The highest BCUT2D eigenvalue weighted by Crippen LogP contribution is 2.31. The minimum Gasteiger partial charge on any atom is -0.381 e. The van der Waals surface area contributed by atoms with Crippen molar-refractivity contribution in [1.29, 1.82) is 0 Å². The Morgan fingerprint density at radius 2 is 1.89 bits per heavy atom. The third-order valence-electron chi connectivity index (χ3n) is 3.71. The molecule has 0 amide bonds. The van der Waals surface area contributed by atoms with Crippen LogP contribution in [0, 0.1) is 5.92 Å². The fraction of sp³-hybridized carbons (Fsp3) is 0.625. The van der Waals surface area contributed by atoms with Crippen LogP contribution in [0.3, 0.4) is 0 Å². The predicted octanol–water partition coefficient (Wildman–Crippen LogP) is 4.61. The van der Waals surface area contributed by atoms with Crippen molar-refractivity contribution in [3.05, 3.63) is 34.3 Å². The molecule has 0 N–H and O–H groups in total. The molecular weight excluding hydrogens is 244 g/mol. The van der Waals surface area contributed by atoms with E-state index in [1.807, 2.05) is 0 Å². The topological polar surface area (TPSA) is 9.23 Å². The van der Waals surface area contributed by atoms with E-state index in [4.69, 9.17) is 16.3 Å². The molecule has 1 saturated heterocycles. The van der Waals surface area contributed by atoms with Gasteiger partial charge in [0.2, 0.25) is 0 Å². The summed E-state index contributed by atoms with van der Waals surface area (Å²) in [4.78, 5) is 0. The van der Waals surface area contributed by atoms with Crippen molar-refractivity contribution >= 4 is 11.6 Å². The van der Waals surface area contributed by atoms with E-state index in [2.05, 4.69) is 39.0 Å². The van der Waals surface area contributed by atoms with E-state index >= 15 is 0 Å². The van der Waals surface area contributed by atoms with Crippen molar-refractivity contribution in [1.82, 2.24) is 0 Å². The second-order valence-electron chi connectivity index (χ2n) is 6.32. The molecule has 0 aromatic heterocycles. The van der Waals surface area contributed by atoms with E-state index in [1.165, 1.54) is 24.0 Å². The van der Waals surface area contributed by atoms with Crippen molar-refractivity contribution in [3.8, 4) is 0 Å². The van der Waals surface area contributed by atoms with Gasteiger partial charge < -0.3 is 4.74 Å². The maximum atomic E-state index is 6.41. The van der Waals surface area contributed by atoms with Gasteiger partial charge >= 0.3 is 0 Å². The number of halogens is 1. The van der Waals surface area contributed by atoms with Crippen LogP contribution in [-0.2, 0) is 16.6 Å². The van der Waals surface area contributed by atoms with Gasteiger partial charge in [0.25, 0.3) is 0 Å². The zero-order chi connectivity index (χ0) is 13.2. The van der Waals surface area contributed by atoms with Gasteiger partial charge in [-0.3, -0.25) is 0 Å². The monoisotopic (exact) mass is 266 g/mol. The molecule has 1 aliphatic rings. The van der Waals surface area contributed by atoms with E-state index in [-0.39, 0.29) is 5.41 Å². The van der Waals surface area contributed by atoms with Crippen LogP contribution in [0.25, 0.3) is 0 Å². The lowest BCUT2D eigenvalue weighted by molar-refractivity contribution is 0.0665. The normalized spacial score (nSPS) is 18.0. The summed E-state index contributed by atoms with van der Waals surface area (Å²) < 4.78 is 5.40. The smallest absolute Gasteiger partial charge is 0.0468 e. The first kappa shape index (κ1) is 13.9. The molecule has 1 fully saturated rings. The highest BCUT2D eigenvalue weighted by Gasteiger charge is 2.19. The van der Waals surface area contributed by atoms with Crippen LogP contribution < -0.4 is 0 Å². The molecular formula is C16H23ClO. The second-order valence-corrected chi connectivity index (χ2v) is 6.73. The lowest BCUT2D eigenvalue weighted by Crippen LogP contribution is -2.18. The minimum atomic E-state index is 0.119. The molecule has 1 aliphatic heterocycles. The first-order chi connectivity index (χ1) is 8.47. The van der Waals surface area contributed by atoms with E-state index in [1.54, 1.807) is 0 Å². The van der Waals surface area contributed by atoms with Crippen LogP contribution in [0.1, 0.15) is 44.7 Å². The number of rotatable bonds is 2. The van der Waals surface area contributed by atoms with Gasteiger partial charge in [0.1, 0.15) is 0 Å². The van der Waals surface area contributed by atoms with E-state index in [9.17, 15) is 0 Å². The Labute approximate surface area is 115 Å². The number of ether oxygens (including phenoxy) is 1. The standard InChI is InChI=1S/C16H23ClO/c1-16(2,3)14-5-4-13(11-15(14)17)10-12-6-8-18-9-7-12/h4-5,11-12H,6-10H2,1-3H3. The predicted molar refractivity (Wildman–Crippen MR) is 77.4 cm³/mol. The summed E-state index contributed by atoms with van der Waals surface area (Å²) in [6, 6.07) is 6.58. The molecule has 1 aromatic carbocycles. The molecule has 1 heterocycles. The third-order valence-corrected chi connectivity index (χ3v) is 4.02. The molecule has 1 nitrogen and oxygen atoms in total. The van der Waals surface area contributed by atoms with Crippen LogP contribution in [-0.4, -0.2) is 13.2 Å². The van der Waals surface area contributed by atoms with Gasteiger partial charge in [0.05, 0.1) is 0 Å². The first-order valence-electron chi connectivity index (χ1n) is 6.83. The maximum absolute atomic E-state index is 6.41. The lowest BCUT2D eigenvalue weighted by atomic mass is 9.85. The Morgan fingerprint density at radius 1 is 1.22 bits per heavy atom. The lowest BCUT2D eigenvalue weighted by Gasteiger charge is -2.24. The summed E-state index contributed by atoms with van der Waals surface area (Å²) >= 11 is 6.41. The van der Waals surface area contributed by atoms with Crippen molar-refractivity contribution < 1.29 is 4.74 Å². The largest absolute Gasteiger partial charge is 0.381 e. The van der Waals surface area contributed by atoms with Gasteiger partial charge in [-0.1, -0.05) is 44.5 Å². The molecule has 0 unspecified atom stereocenters. The zero-order valence-electron chi connectivity index (χ0n) is 11.6. The van der Waals surface area contributed by atoms with Gasteiger partial charge in [-0.15, -0.1) is 0 Å². The van der Waals surface area contributed by atoms with Gasteiger partial charge in [-0.2, -0.15) is 0 Å². The molecule has 0 radical (unpaired) electrons. The molecule has 0 aliphatic carbocycles. The van der Waals surface area contributed by atoms with E-state index in [0.29, 0.717) is 0 Å². The number of hydrogen-bond acceptors (Lipinski definition) is 1. The molecule has 0 saturated carbocycles. The van der Waals surface area contributed by atoms with Crippen molar-refractivity contribution in [3.63, 3.8) is 0 Å².